The number of nitrogens with zero attached hydrogens (tertiary/aromatic N) is 4. The molecule has 1 N–H and O–H groups in total. The monoisotopic (exact) mass is 293 g/mol. The van der Waals surface area contributed by atoms with Crippen LogP contribution in [0, 0.1) is 6.92 Å². The Bertz CT molecular complexity index is 764. The van der Waals surface area contributed by atoms with E-state index in [0.717, 1.165) is 28.5 Å². The third kappa shape index (κ3) is 3.14. The minimum absolute atomic E-state index is 0.131. The van der Waals surface area contributed by atoms with Gasteiger partial charge in [-0.3, -0.25) is 4.68 Å². The lowest BCUT2D eigenvalue weighted by molar-refractivity contribution is 0.765. The summed E-state index contributed by atoms with van der Waals surface area (Å²) in [5, 5.41) is 7.62. The zero-order valence-corrected chi connectivity index (χ0v) is 13.0. The van der Waals surface area contributed by atoms with Gasteiger partial charge in [0.05, 0.1) is 12.2 Å². The largest absolute Gasteiger partial charge is 0.363 e. The summed E-state index contributed by atoms with van der Waals surface area (Å²) in [5.41, 5.74) is 3.08. The van der Waals surface area contributed by atoms with Crippen LogP contribution in [0.3, 0.4) is 0 Å². The highest BCUT2D eigenvalue weighted by Gasteiger charge is 2.10. The van der Waals surface area contributed by atoms with Gasteiger partial charge in [0.2, 0.25) is 0 Å². The molecule has 3 rings (SSSR count). The Kier molecular flexibility index (Phi) is 3.87. The van der Waals surface area contributed by atoms with Crippen LogP contribution in [0.1, 0.15) is 24.2 Å². The fraction of sp³-hybridized carbons (Fsp3) is 0.235. The SMILES string of the molecule is Cc1cc(NC(C)c2cnn(C)c2)nc(-c2ccccc2)n1. The van der Waals surface area contributed by atoms with E-state index in [4.69, 9.17) is 0 Å². The molecule has 1 aromatic carbocycles. The summed E-state index contributed by atoms with van der Waals surface area (Å²) in [6.07, 6.45) is 3.87. The Morgan fingerprint density at radius 3 is 2.59 bits per heavy atom. The van der Waals surface area contributed by atoms with E-state index in [0.29, 0.717) is 0 Å². The van der Waals surface area contributed by atoms with Gasteiger partial charge >= 0.3 is 0 Å². The van der Waals surface area contributed by atoms with Crippen molar-refractivity contribution in [1.29, 1.82) is 0 Å². The minimum atomic E-state index is 0.131. The van der Waals surface area contributed by atoms with Crippen LogP contribution in [0.4, 0.5) is 5.82 Å². The van der Waals surface area contributed by atoms with Crippen molar-refractivity contribution in [3.8, 4) is 11.4 Å². The highest BCUT2D eigenvalue weighted by atomic mass is 15.2. The molecule has 3 aromatic rings. The molecule has 0 saturated heterocycles. The zero-order valence-electron chi connectivity index (χ0n) is 13.0. The fourth-order valence-electron chi connectivity index (χ4n) is 2.33. The lowest BCUT2D eigenvalue weighted by Crippen LogP contribution is -2.08. The highest BCUT2D eigenvalue weighted by Crippen LogP contribution is 2.21. The molecule has 0 aliphatic rings. The number of aromatic nitrogens is 4. The maximum atomic E-state index is 4.63. The van der Waals surface area contributed by atoms with Crippen molar-refractivity contribution in [3.63, 3.8) is 0 Å². The van der Waals surface area contributed by atoms with Crippen molar-refractivity contribution in [3.05, 3.63) is 60.0 Å². The first kappa shape index (κ1) is 14.3. The number of anilines is 1. The molecular formula is C17H19N5. The molecule has 0 saturated carbocycles. The first-order valence-corrected chi connectivity index (χ1v) is 7.28. The van der Waals surface area contributed by atoms with Crippen LogP contribution < -0.4 is 5.32 Å². The van der Waals surface area contributed by atoms with Crippen LogP contribution in [-0.2, 0) is 7.05 Å². The molecule has 5 nitrogen and oxygen atoms in total. The van der Waals surface area contributed by atoms with E-state index in [1.807, 2.05) is 62.8 Å². The van der Waals surface area contributed by atoms with Crippen molar-refractivity contribution < 1.29 is 0 Å². The van der Waals surface area contributed by atoms with Crippen molar-refractivity contribution in [2.24, 2.45) is 7.05 Å². The average Bonchev–Trinajstić information content (AvgIpc) is 2.94. The first-order chi connectivity index (χ1) is 10.6. The molecule has 112 valence electrons. The molecule has 2 heterocycles. The van der Waals surface area contributed by atoms with E-state index in [1.54, 1.807) is 4.68 Å². The molecule has 22 heavy (non-hydrogen) atoms. The zero-order chi connectivity index (χ0) is 15.5. The number of benzene rings is 1. The van der Waals surface area contributed by atoms with Gasteiger partial charge in [0.25, 0.3) is 0 Å². The molecule has 2 aromatic heterocycles. The quantitative estimate of drug-likeness (QED) is 0.801. The van der Waals surface area contributed by atoms with Gasteiger partial charge in [0.1, 0.15) is 5.82 Å². The van der Waals surface area contributed by atoms with Crippen molar-refractivity contribution in [1.82, 2.24) is 19.7 Å². The summed E-state index contributed by atoms with van der Waals surface area (Å²) in [6, 6.07) is 12.1. The molecular weight excluding hydrogens is 274 g/mol. The Balaban J connectivity index is 1.87. The van der Waals surface area contributed by atoms with E-state index in [-0.39, 0.29) is 6.04 Å². The highest BCUT2D eigenvalue weighted by molar-refractivity contribution is 5.57. The van der Waals surface area contributed by atoms with E-state index >= 15 is 0 Å². The van der Waals surface area contributed by atoms with Crippen molar-refractivity contribution >= 4 is 5.82 Å². The predicted molar refractivity (Wildman–Crippen MR) is 87.5 cm³/mol. The Morgan fingerprint density at radius 2 is 1.91 bits per heavy atom. The number of rotatable bonds is 4. The molecule has 1 unspecified atom stereocenters. The molecule has 0 bridgehead atoms. The van der Waals surface area contributed by atoms with Gasteiger partial charge in [-0.1, -0.05) is 30.3 Å². The molecule has 5 heteroatoms. The Labute approximate surface area is 130 Å². The van der Waals surface area contributed by atoms with Gasteiger partial charge in [-0.2, -0.15) is 5.10 Å². The van der Waals surface area contributed by atoms with Crippen LogP contribution in [0.2, 0.25) is 0 Å². The van der Waals surface area contributed by atoms with Gasteiger partial charge in [0.15, 0.2) is 5.82 Å². The normalized spacial score (nSPS) is 12.1. The van der Waals surface area contributed by atoms with E-state index < -0.39 is 0 Å². The predicted octanol–water partition coefficient (Wildman–Crippen LogP) is 3.36. The van der Waals surface area contributed by atoms with Gasteiger partial charge < -0.3 is 5.32 Å². The lowest BCUT2D eigenvalue weighted by atomic mass is 10.2. The van der Waals surface area contributed by atoms with Crippen LogP contribution in [0.25, 0.3) is 11.4 Å². The summed E-state index contributed by atoms with van der Waals surface area (Å²) < 4.78 is 1.80. The third-order valence-corrected chi connectivity index (χ3v) is 3.48. The number of hydrogen-bond donors (Lipinski definition) is 1. The summed E-state index contributed by atoms with van der Waals surface area (Å²) in [6.45, 7) is 4.07. The topological polar surface area (TPSA) is 55.6 Å². The third-order valence-electron chi connectivity index (χ3n) is 3.48. The second-order valence-corrected chi connectivity index (χ2v) is 5.40. The van der Waals surface area contributed by atoms with Crippen LogP contribution in [0.15, 0.2) is 48.8 Å². The Morgan fingerprint density at radius 1 is 1.14 bits per heavy atom. The molecule has 0 aliphatic carbocycles. The maximum Gasteiger partial charge on any atom is 0.161 e. The smallest absolute Gasteiger partial charge is 0.161 e. The molecule has 1 atom stereocenters. The fourth-order valence-corrected chi connectivity index (χ4v) is 2.33. The van der Waals surface area contributed by atoms with Crippen LogP contribution >= 0.6 is 0 Å². The number of aryl methyl sites for hydroxylation is 2. The van der Waals surface area contributed by atoms with Crippen LogP contribution in [0.5, 0.6) is 0 Å². The number of nitrogens with one attached hydrogen (secondary N) is 1. The molecule has 0 fully saturated rings. The number of hydrogen-bond acceptors (Lipinski definition) is 4. The van der Waals surface area contributed by atoms with Gasteiger partial charge in [-0.05, 0) is 13.8 Å². The standard InChI is InChI=1S/C17H19N5/c1-12-9-16(20-13(2)15-10-18-22(3)11-15)21-17(19-12)14-7-5-4-6-8-14/h4-11,13H,1-3H3,(H,19,20,21). The van der Waals surface area contributed by atoms with Gasteiger partial charge in [0, 0.05) is 36.1 Å². The average molecular weight is 293 g/mol. The molecule has 0 aliphatic heterocycles. The van der Waals surface area contributed by atoms with E-state index in [1.165, 1.54) is 0 Å². The van der Waals surface area contributed by atoms with Crippen LogP contribution in [-0.4, -0.2) is 19.7 Å². The summed E-state index contributed by atoms with van der Waals surface area (Å²) in [4.78, 5) is 9.15. The van der Waals surface area contributed by atoms with E-state index in [9.17, 15) is 0 Å². The minimum Gasteiger partial charge on any atom is -0.363 e. The van der Waals surface area contributed by atoms with Gasteiger partial charge in [-0.15, -0.1) is 0 Å². The van der Waals surface area contributed by atoms with Gasteiger partial charge in [-0.25, -0.2) is 9.97 Å². The summed E-state index contributed by atoms with van der Waals surface area (Å²) in [7, 11) is 1.92. The molecule has 0 spiro atoms. The first-order valence-electron chi connectivity index (χ1n) is 7.28. The maximum absolute atomic E-state index is 4.63. The van der Waals surface area contributed by atoms with E-state index in [2.05, 4.69) is 27.3 Å². The second-order valence-electron chi connectivity index (χ2n) is 5.40. The Hall–Kier alpha value is -2.69. The lowest BCUT2D eigenvalue weighted by Gasteiger charge is -2.14. The van der Waals surface area contributed by atoms with Crippen molar-refractivity contribution in [2.45, 2.75) is 19.9 Å². The summed E-state index contributed by atoms with van der Waals surface area (Å²) >= 11 is 0. The molecule has 0 radical (unpaired) electrons. The molecule has 0 amide bonds. The summed E-state index contributed by atoms with van der Waals surface area (Å²) in [5.74, 6) is 1.56. The van der Waals surface area contributed by atoms with Crippen molar-refractivity contribution in [2.75, 3.05) is 5.32 Å². The second kappa shape index (κ2) is 5.97.